The second kappa shape index (κ2) is 7.99. The van der Waals surface area contributed by atoms with E-state index in [0.717, 1.165) is 18.8 Å². The Morgan fingerprint density at radius 2 is 2.24 bits per heavy atom. The van der Waals surface area contributed by atoms with Gasteiger partial charge in [0, 0.05) is 23.7 Å². The number of benzene rings is 1. The molecule has 1 saturated heterocycles. The van der Waals surface area contributed by atoms with E-state index in [0.29, 0.717) is 28.9 Å². The van der Waals surface area contributed by atoms with Crippen molar-refractivity contribution in [2.75, 3.05) is 19.6 Å². The number of hydrogen-bond acceptors (Lipinski definition) is 5. The predicted molar refractivity (Wildman–Crippen MR) is 97.8 cm³/mol. The number of nitrogens with one attached hydrogen (secondary N) is 1. The molecule has 1 unspecified atom stereocenters. The van der Waals surface area contributed by atoms with Crippen molar-refractivity contribution in [2.45, 2.75) is 32.4 Å². The number of furan rings is 1. The lowest BCUT2D eigenvalue weighted by Crippen LogP contribution is -2.37. The third kappa shape index (κ3) is 4.21. The van der Waals surface area contributed by atoms with Crippen LogP contribution in [0.2, 0.25) is 5.02 Å². The molecule has 0 saturated carbocycles. The zero-order valence-corrected chi connectivity index (χ0v) is 15.0. The molecule has 1 N–H and O–H groups in total. The molecule has 1 fully saturated rings. The van der Waals surface area contributed by atoms with Crippen LogP contribution in [0.4, 0.5) is 5.69 Å². The molecule has 0 amide bonds. The fraction of sp³-hybridized carbons (Fsp3) is 0.444. The Kier molecular flexibility index (Phi) is 5.73. The number of hydrogen-bond donors (Lipinski definition) is 1. The number of nitro groups is 1. The molecule has 0 spiro atoms. The third-order valence-corrected chi connectivity index (χ3v) is 4.90. The largest absolute Gasteiger partial charge is 0.459 e. The van der Waals surface area contributed by atoms with Gasteiger partial charge in [0.2, 0.25) is 0 Å². The molecule has 134 valence electrons. The zero-order chi connectivity index (χ0) is 17.8. The van der Waals surface area contributed by atoms with Crippen LogP contribution in [0, 0.1) is 10.1 Å². The fourth-order valence-corrected chi connectivity index (χ4v) is 3.55. The van der Waals surface area contributed by atoms with Gasteiger partial charge in [0.25, 0.3) is 5.69 Å². The second-order valence-corrected chi connectivity index (χ2v) is 6.68. The first-order valence-corrected chi connectivity index (χ1v) is 8.94. The Balaban J connectivity index is 1.64. The molecule has 7 heteroatoms. The van der Waals surface area contributed by atoms with Crippen LogP contribution in [-0.2, 0) is 6.54 Å². The molecule has 6 nitrogen and oxygen atoms in total. The molecule has 1 atom stereocenters. The minimum Gasteiger partial charge on any atom is -0.459 e. The van der Waals surface area contributed by atoms with Gasteiger partial charge in [0.05, 0.1) is 17.0 Å². The average Bonchev–Trinajstić information content (AvgIpc) is 3.24. The molecule has 0 radical (unpaired) electrons. The van der Waals surface area contributed by atoms with Crippen molar-refractivity contribution >= 4 is 17.3 Å². The van der Waals surface area contributed by atoms with Gasteiger partial charge in [0.1, 0.15) is 11.5 Å². The highest BCUT2D eigenvalue weighted by molar-refractivity contribution is 6.30. The smallest absolute Gasteiger partial charge is 0.281 e. The van der Waals surface area contributed by atoms with Crippen molar-refractivity contribution in [1.82, 2.24) is 10.2 Å². The van der Waals surface area contributed by atoms with Gasteiger partial charge in [-0.1, -0.05) is 18.5 Å². The highest BCUT2D eigenvalue weighted by Crippen LogP contribution is 2.33. The van der Waals surface area contributed by atoms with Crippen LogP contribution >= 0.6 is 11.6 Å². The van der Waals surface area contributed by atoms with Crippen molar-refractivity contribution in [3.8, 4) is 11.3 Å². The number of likely N-dealkylation sites (N-methyl/N-ethyl adjacent to an activating group) is 1. The number of likely N-dealkylation sites (tertiary alicyclic amines) is 1. The molecule has 25 heavy (non-hydrogen) atoms. The van der Waals surface area contributed by atoms with Gasteiger partial charge < -0.3 is 9.73 Å². The molecule has 1 aliphatic rings. The summed E-state index contributed by atoms with van der Waals surface area (Å²) in [6.45, 7) is 5.97. The summed E-state index contributed by atoms with van der Waals surface area (Å²) in [4.78, 5) is 13.3. The van der Waals surface area contributed by atoms with E-state index in [1.54, 1.807) is 18.2 Å². The first kappa shape index (κ1) is 17.9. The first-order chi connectivity index (χ1) is 12.1. The highest BCUT2D eigenvalue weighted by Gasteiger charge is 2.22. The maximum absolute atomic E-state index is 11.2. The summed E-state index contributed by atoms with van der Waals surface area (Å²) in [6, 6.07) is 8.79. The Hall–Kier alpha value is -1.89. The van der Waals surface area contributed by atoms with Gasteiger partial charge in [-0.2, -0.15) is 0 Å². The van der Waals surface area contributed by atoms with Gasteiger partial charge in [0.15, 0.2) is 0 Å². The quantitative estimate of drug-likeness (QED) is 0.592. The minimum atomic E-state index is -0.443. The Labute approximate surface area is 151 Å². The number of halogens is 1. The number of nitro benzene ring substituents is 1. The summed E-state index contributed by atoms with van der Waals surface area (Å²) in [6.07, 6.45) is 2.48. The van der Waals surface area contributed by atoms with Crippen LogP contribution in [-0.4, -0.2) is 35.5 Å². The predicted octanol–water partition coefficient (Wildman–Crippen LogP) is 4.08. The summed E-state index contributed by atoms with van der Waals surface area (Å²) in [5.41, 5.74) is 0.388. The average molecular weight is 364 g/mol. The summed E-state index contributed by atoms with van der Waals surface area (Å²) >= 11 is 5.86. The standard InChI is InChI=1S/C18H22ClN3O3/c1-2-21-9-3-4-14(21)11-20-12-15-6-8-18(25-15)16-7-5-13(19)10-17(16)22(23)24/h5-8,10,14,20H,2-4,9,11-12H2,1H3. The van der Waals surface area contributed by atoms with E-state index in [1.807, 2.05) is 6.07 Å². The Morgan fingerprint density at radius 3 is 3.00 bits per heavy atom. The lowest BCUT2D eigenvalue weighted by Gasteiger charge is -2.22. The van der Waals surface area contributed by atoms with E-state index in [-0.39, 0.29) is 5.69 Å². The van der Waals surface area contributed by atoms with Crippen LogP contribution in [0.5, 0.6) is 0 Å². The molecule has 2 heterocycles. The maximum Gasteiger partial charge on any atom is 0.281 e. The van der Waals surface area contributed by atoms with E-state index >= 15 is 0 Å². The van der Waals surface area contributed by atoms with Crippen molar-refractivity contribution < 1.29 is 9.34 Å². The maximum atomic E-state index is 11.2. The van der Waals surface area contributed by atoms with Crippen LogP contribution in [0.25, 0.3) is 11.3 Å². The van der Waals surface area contributed by atoms with Crippen LogP contribution in [0.15, 0.2) is 34.7 Å². The van der Waals surface area contributed by atoms with Gasteiger partial charge >= 0.3 is 0 Å². The molecular weight excluding hydrogens is 342 g/mol. The molecule has 0 aliphatic carbocycles. The first-order valence-electron chi connectivity index (χ1n) is 8.56. The van der Waals surface area contributed by atoms with Crippen LogP contribution in [0.1, 0.15) is 25.5 Å². The highest BCUT2D eigenvalue weighted by atomic mass is 35.5. The number of nitrogens with zero attached hydrogens (tertiary/aromatic N) is 2. The molecule has 1 aromatic carbocycles. The third-order valence-electron chi connectivity index (χ3n) is 4.67. The molecular formula is C18H22ClN3O3. The molecule has 1 aromatic heterocycles. The number of rotatable bonds is 7. The lowest BCUT2D eigenvalue weighted by atomic mass is 10.1. The monoisotopic (exact) mass is 363 g/mol. The minimum absolute atomic E-state index is 0.0501. The van der Waals surface area contributed by atoms with E-state index in [2.05, 4.69) is 17.1 Å². The molecule has 1 aliphatic heterocycles. The molecule has 3 rings (SSSR count). The van der Waals surface area contributed by atoms with Crippen molar-refractivity contribution in [2.24, 2.45) is 0 Å². The molecule has 2 aromatic rings. The SMILES string of the molecule is CCN1CCCC1CNCc1ccc(-c2ccc(Cl)cc2[N+](=O)[O-])o1. The fourth-order valence-electron chi connectivity index (χ4n) is 3.39. The zero-order valence-electron chi connectivity index (χ0n) is 14.2. The van der Waals surface area contributed by atoms with Gasteiger partial charge in [-0.15, -0.1) is 0 Å². The van der Waals surface area contributed by atoms with E-state index in [1.165, 1.54) is 25.5 Å². The summed E-state index contributed by atoms with van der Waals surface area (Å²) in [5, 5.41) is 15.0. The molecule has 0 bridgehead atoms. The summed E-state index contributed by atoms with van der Waals surface area (Å²) < 4.78 is 5.79. The summed E-state index contributed by atoms with van der Waals surface area (Å²) in [7, 11) is 0. The summed E-state index contributed by atoms with van der Waals surface area (Å²) in [5.74, 6) is 1.25. The van der Waals surface area contributed by atoms with Crippen LogP contribution in [0.3, 0.4) is 0 Å². The van der Waals surface area contributed by atoms with Gasteiger partial charge in [-0.25, -0.2) is 0 Å². The normalized spacial score (nSPS) is 17.9. The van der Waals surface area contributed by atoms with Crippen molar-refractivity contribution in [1.29, 1.82) is 0 Å². The van der Waals surface area contributed by atoms with E-state index in [4.69, 9.17) is 16.0 Å². The lowest BCUT2D eigenvalue weighted by molar-refractivity contribution is -0.384. The topological polar surface area (TPSA) is 71.5 Å². The van der Waals surface area contributed by atoms with E-state index < -0.39 is 4.92 Å². The van der Waals surface area contributed by atoms with Crippen LogP contribution < -0.4 is 5.32 Å². The van der Waals surface area contributed by atoms with E-state index in [9.17, 15) is 10.1 Å². The Bertz CT molecular complexity index is 747. The Morgan fingerprint density at radius 1 is 1.40 bits per heavy atom. The van der Waals surface area contributed by atoms with Crippen molar-refractivity contribution in [3.05, 3.63) is 51.2 Å². The second-order valence-electron chi connectivity index (χ2n) is 6.24. The van der Waals surface area contributed by atoms with Gasteiger partial charge in [-0.3, -0.25) is 15.0 Å². The van der Waals surface area contributed by atoms with Crippen molar-refractivity contribution in [3.63, 3.8) is 0 Å². The van der Waals surface area contributed by atoms with Gasteiger partial charge in [-0.05, 0) is 50.2 Å².